The van der Waals surface area contributed by atoms with E-state index in [1.807, 2.05) is 36.4 Å². The molecule has 0 aromatic heterocycles. The van der Waals surface area contributed by atoms with Crippen LogP contribution >= 0.6 is 0 Å². The lowest BCUT2D eigenvalue weighted by Crippen LogP contribution is -2.05. The van der Waals surface area contributed by atoms with E-state index >= 15 is 0 Å². The highest BCUT2D eigenvalue weighted by Crippen LogP contribution is 2.26. The van der Waals surface area contributed by atoms with Crippen molar-refractivity contribution in [3.05, 3.63) is 59.7 Å². The first kappa shape index (κ1) is 13.9. The molecule has 104 valence electrons. The smallest absolute Gasteiger partial charge is 0.337 e. The second-order valence-corrected chi connectivity index (χ2v) is 4.25. The van der Waals surface area contributed by atoms with Crippen LogP contribution in [0.15, 0.2) is 48.5 Å². The number of carbonyl (C=O) groups excluding carboxylic acids is 1. The van der Waals surface area contributed by atoms with Crippen molar-refractivity contribution in [3.8, 4) is 5.75 Å². The summed E-state index contributed by atoms with van der Waals surface area (Å²) >= 11 is 0. The summed E-state index contributed by atoms with van der Waals surface area (Å²) in [4.78, 5) is 11.5. The molecule has 2 aromatic carbocycles. The van der Waals surface area contributed by atoms with Gasteiger partial charge in [0.1, 0.15) is 5.75 Å². The fourth-order valence-corrected chi connectivity index (χ4v) is 1.88. The highest BCUT2D eigenvalue weighted by molar-refractivity contribution is 5.90. The molecule has 2 aromatic rings. The largest absolute Gasteiger partial charge is 0.495 e. The van der Waals surface area contributed by atoms with Gasteiger partial charge in [0, 0.05) is 6.54 Å². The lowest BCUT2D eigenvalue weighted by Gasteiger charge is -2.12. The number of hydrogen-bond donors (Lipinski definition) is 1. The van der Waals surface area contributed by atoms with Gasteiger partial charge >= 0.3 is 5.97 Å². The van der Waals surface area contributed by atoms with Crippen LogP contribution in [0.5, 0.6) is 5.75 Å². The van der Waals surface area contributed by atoms with Crippen LogP contribution in [0.25, 0.3) is 0 Å². The lowest BCUT2D eigenvalue weighted by atomic mass is 10.1. The topological polar surface area (TPSA) is 47.6 Å². The number of benzene rings is 2. The van der Waals surface area contributed by atoms with Crippen molar-refractivity contribution in [2.24, 2.45) is 0 Å². The van der Waals surface area contributed by atoms with E-state index in [1.54, 1.807) is 19.2 Å². The molecule has 0 bridgehead atoms. The first-order chi connectivity index (χ1) is 9.74. The summed E-state index contributed by atoms with van der Waals surface area (Å²) in [6, 6.07) is 15.2. The molecule has 1 N–H and O–H groups in total. The molecule has 0 amide bonds. The molecule has 20 heavy (non-hydrogen) atoms. The molecule has 4 nitrogen and oxygen atoms in total. The number of nitrogens with one attached hydrogen (secondary N) is 1. The minimum absolute atomic E-state index is 0.377. The number of carbonyl (C=O) groups is 1. The lowest BCUT2D eigenvalue weighted by molar-refractivity contribution is 0.0600. The number of methoxy groups -OCH3 is 2. The maximum Gasteiger partial charge on any atom is 0.337 e. The predicted octanol–water partition coefficient (Wildman–Crippen LogP) is 3.09. The van der Waals surface area contributed by atoms with Crippen LogP contribution in [-0.4, -0.2) is 20.2 Å². The van der Waals surface area contributed by atoms with Gasteiger partial charge in [0.2, 0.25) is 0 Å². The Bertz CT molecular complexity index is 582. The average Bonchev–Trinajstić information content (AvgIpc) is 2.53. The molecule has 0 saturated heterocycles. The molecular formula is C16H17NO3. The van der Waals surface area contributed by atoms with Crippen LogP contribution in [0.4, 0.5) is 5.69 Å². The highest BCUT2D eigenvalue weighted by Gasteiger charge is 2.10. The third-order valence-electron chi connectivity index (χ3n) is 2.95. The van der Waals surface area contributed by atoms with E-state index in [0.717, 1.165) is 5.69 Å². The maximum absolute atomic E-state index is 11.5. The minimum Gasteiger partial charge on any atom is -0.495 e. The Kier molecular flexibility index (Phi) is 4.60. The van der Waals surface area contributed by atoms with Gasteiger partial charge in [-0.2, -0.15) is 0 Å². The van der Waals surface area contributed by atoms with Crippen molar-refractivity contribution in [2.45, 2.75) is 6.54 Å². The van der Waals surface area contributed by atoms with Crippen LogP contribution in [0, 0.1) is 0 Å². The highest BCUT2D eigenvalue weighted by atomic mass is 16.5. The van der Waals surface area contributed by atoms with E-state index in [4.69, 9.17) is 9.47 Å². The molecule has 0 aliphatic heterocycles. The fourth-order valence-electron chi connectivity index (χ4n) is 1.88. The number of rotatable bonds is 5. The van der Waals surface area contributed by atoms with Crippen molar-refractivity contribution >= 4 is 11.7 Å². The third kappa shape index (κ3) is 3.29. The van der Waals surface area contributed by atoms with Gasteiger partial charge in [-0.15, -0.1) is 0 Å². The normalized spacial score (nSPS) is 9.90. The van der Waals surface area contributed by atoms with Gasteiger partial charge in [-0.3, -0.25) is 0 Å². The molecule has 0 atom stereocenters. The molecule has 0 saturated carbocycles. The van der Waals surface area contributed by atoms with E-state index < -0.39 is 0 Å². The first-order valence-electron chi connectivity index (χ1n) is 6.28. The molecule has 0 heterocycles. The summed E-state index contributed by atoms with van der Waals surface area (Å²) in [5, 5.41) is 3.29. The van der Waals surface area contributed by atoms with Gasteiger partial charge in [-0.05, 0) is 23.8 Å². The molecule has 4 heteroatoms. The van der Waals surface area contributed by atoms with Gasteiger partial charge in [-0.25, -0.2) is 4.79 Å². The quantitative estimate of drug-likeness (QED) is 0.849. The van der Waals surface area contributed by atoms with Crippen LogP contribution < -0.4 is 10.1 Å². The van der Waals surface area contributed by atoms with Gasteiger partial charge in [0.05, 0.1) is 25.5 Å². The third-order valence-corrected chi connectivity index (χ3v) is 2.95. The molecule has 0 radical (unpaired) electrons. The zero-order valence-corrected chi connectivity index (χ0v) is 11.6. The Labute approximate surface area is 118 Å². The summed E-state index contributed by atoms with van der Waals surface area (Å²) in [6.45, 7) is 0.689. The average molecular weight is 271 g/mol. The van der Waals surface area contributed by atoms with Crippen LogP contribution in [0.3, 0.4) is 0 Å². The molecule has 0 unspecified atom stereocenters. The second-order valence-electron chi connectivity index (χ2n) is 4.25. The van der Waals surface area contributed by atoms with E-state index in [-0.39, 0.29) is 5.97 Å². The minimum atomic E-state index is -0.377. The van der Waals surface area contributed by atoms with Crippen LogP contribution in [0.1, 0.15) is 15.9 Å². The number of esters is 1. The monoisotopic (exact) mass is 271 g/mol. The molecule has 0 aliphatic rings. The SMILES string of the molecule is COC(=O)c1ccc(NCc2ccccc2)c(OC)c1. The number of ether oxygens (including phenoxy) is 2. The van der Waals surface area contributed by atoms with E-state index in [9.17, 15) is 4.79 Å². The van der Waals surface area contributed by atoms with Crippen molar-refractivity contribution in [2.75, 3.05) is 19.5 Å². The van der Waals surface area contributed by atoms with Crippen LogP contribution in [-0.2, 0) is 11.3 Å². The summed E-state index contributed by atoms with van der Waals surface area (Å²) in [5.74, 6) is 0.238. The summed E-state index contributed by atoms with van der Waals surface area (Å²) < 4.78 is 9.99. The summed E-state index contributed by atoms with van der Waals surface area (Å²) in [7, 11) is 2.93. The number of anilines is 1. The van der Waals surface area contributed by atoms with E-state index in [2.05, 4.69) is 5.32 Å². The van der Waals surface area contributed by atoms with Gasteiger partial charge < -0.3 is 14.8 Å². The Balaban J connectivity index is 2.13. The van der Waals surface area contributed by atoms with Crippen molar-refractivity contribution in [1.82, 2.24) is 0 Å². The number of hydrogen-bond acceptors (Lipinski definition) is 4. The Morgan fingerprint density at radius 3 is 2.50 bits per heavy atom. The van der Waals surface area contributed by atoms with E-state index in [0.29, 0.717) is 17.9 Å². The van der Waals surface area contributed by atoms with Gasteiger partial charge in [-0.1, -0.05) is 30.3 Å². The predicted molar refractivity (Wildman–Crippen MR) is 78.1 cm³/mol. The maximum atomic E-state index is 11.5. The molecular weight excluding hydrogens is 254 g/mol. The van der Waals surface area contributed by atoms with Gasteiger partial charge in [0.15, 0.2) is 0 Å². The summed E-state index contributed by atoms with van der Waals surface area (Å²) in [5.41, 5.74) is 2.48. The van der Waals surface area contributed by atoms with Gasteiger partial charge in [0.25, 0.3) is 0 Å². The Hall–Kier alpha value is -2.49. The zero-order chi connectivity index (χ0) is 14.4. The Morgan fingerprint density at radius 1 is 1.10 bits per heavy atom. The zero-order valence-electron chi connectivity index (χ0n) is 11.6. The Morgan fingerprint density at radius 2 is 1.85 bits per heavy atom. The molecule has 2 rings (SSSR count). The van der Waals surface area contributed by atoms with Crippen molar-refractivity contribution < 1.29 is 14.3 Å². The van der Waals surface area contributed by atoms with Crippen LogP contribution in [0.2, 0.25) is 0 Å². The fraction of sp³-hybridized carbons (Fsp3) is 0.188. The van der Waals surface area contributed by atoms with Crippen molar-refractivity contribution in [3.63, 3.8) is 0 Å². The standard InChI is InChI=1S/C16H17NO3/c1-19-15-10-13(16(18)20-2)8-9-14(15)17-11-12-6-4-3-5-7-12/h3-10,17H,11H2,1-2H3. The van der Waals surface area contributed by atoms with Crippen molar-refractivity contribution in [1.29, 1.82) is 0 Å². The summed E-state index contributed by atoms with van der Waals surface area (Å²) in [6.07, 6.45) is 0. The molecule has 0 aliphatic carbocycles. The molecule has 0 fully saturated rings. The molecule has 0 spiro atoms. The first-order valence-corrected chi connectivity index (χ1v) is 6.28. The van der Waals surface area contributed by atoms with E-state index in [1.165, 1.54) is 12.7 Å². The second kappa shape index (κ2) is 6.61.